The van der Waals surface area contributed by atoms with E-state index in [1.54, 1.807) is 12.3 Å². The quantitative estimate of drug-likeness (QED) is 0.682. The Labute approximate surface area is 81.6 Å². The van der Waals surface area contributed by atoms with E-state index in [0.717, 1.165) is 18.8 Å². The SMILES string of the molecule is Clc1ccc(O[C@H]2CCOC2)cn1. The smallest absolute Gasteiger partial charge is 0.138 e. The molecule has 1 saturated heterocycles. The molecule has 4 heteroatoms. The molecule has 1 atom stereocenters. The molecular weight excluding hydrogens is 190 g/mol. The standard InChI is InChI=1S/C9H10ClNO2/c10-9-2-1-7(5-11-9)13-8-3-4-12-6-8/h1-2,5,8H,3-4,6H2/t8-/m0/s1. The number of hydrogen-bond acceptors (Lipinski definition) is 3. The van der Waals surface area contributed by atoms with Crippen molar-refractivity contribution in [3.63, 3.8) is 0 Å². The normalized spacial score (nSPS) is 21.8. The van der Waals surface area contributed by atoms with Gasteiger partial charge in [-0.15, -0.1) is 0 Å². The first kappa shape index (κ1) is 8.78. The molecule has 0 amide bonds. The Hall–Kier alpha value is -0.800. The monoisotopic (exact) mass is 199 g/mol. The van der Waals surface area contributed by atoms with Gasteiger partial charge in [0.05, 0.1) is 19.4 Å². The van der Waals surface area contributed by atoms with Crippen LogP contribution in [0, 0.1) is 0 Å². The molecule has 1 aliphatic rings. The van der Waals surface area contributed by atoms with E-state index in [9.17, 15) is 0 Å². The maximum absolute atomic E-state index is 5.64. The minimum atomic E-state index is 0.169. The summed E-state index contributed by atoms with van der Waals surface area (Å²) in [5, 5.41) is 0.482. The van der Waals surface area contributed by atoms with Crippen molar-refractivity contribution in [2.75, 3.05) is 13.2 Å². The molecule has 0 aromatic carbocycles. The van der Waals surface area contributed by atoms with Gasteiger partial charge >= 0.3 is 0 Å². The van der Waals surface area contributed by atoms with Crippen LogP contribution in [0.3, 0.4) is 0 Å². The molecule has 2 rings (SSSR count). The molecule has 70 valence electrons. The molecule has 0 N–H and O–H groups in total. The van der Waals surface area contributed by atoms with Gasteiger partial charge in [0.2, 0.25) is 0 Å². The van der Waals surface area contributed by atoms with Crippen molar-refractivity contribution in [3.8, 4) is 5.75 Å². The summed E-state index contributed by atoms with van der Waals surface area (Å²) in [4.78, 5) is 3.92. The van der Waals surface area contributed by atoms with Gasteiger partial charge in [0.25, 0.3) is 0 Å². The second-order valence-electron chi connectivity index (χ2n) is 2.92. The lowest BCUT2D eigenvalue weighted by atomic mass is 10.3. The van der Waals surface area contributed by atoms with Gasteiger partial charge in [-0.1, -0.05) is 11.6 Å². The highest BCUT2D eigenvalue weighted by Gasteiger charge is 2.16. The number of nitrogens with zero attached hydrogens (tertiary/aromatic N) is 1. The van der Waals surface area contributed by atoms with Crippen LogP contribution in [-0.2, 0) is 4.74 Å². The van der Waals surface area contributed by atoms with E-state index in [1.807, 2.05) is 6.07 Å². The number of halogens is 1. The number of pyridine rings is 1. The molecule has 0 saturated carbocycles. The van der Waals surface area contributed by atoms with Crippen molar-refractivity contribution in [1.29, 1.82) is 0 Å². The third-order valence-corrected chi connectivity index (χ3v) is 2.11. The van der Waals surface area contributed by atoms with Gasteiger partial charge in [-0.3, -0.25) is 0 Å². The average Bonchev–Trinajstić information content (AvgIpc) is 2.62. The van der Waals surface area contributed by atoms with Crippen LogP contribution in [0.15, 0.2) is 18.3 Å². The summed E-state index contributed by atoms with van der Waals surface area (Å²) < 4.78 is 10.8. The molecule has 3 nitrogen and oxygen atoms in total. The number of ether oxygens (including phenoxy) is 2. The van der Waals surface area contributed by atoms with Gasteiger partial charge in [0.1, 0.15) is 17.0 Å². The summed E-state index contributed by atoms with van der Waals surface area (Å²) >= 11 is 5.64. The number of hydrogen-bond donors (Lipinski definition) is 0. The topological polar surface area (TPSA) is 31.4 Å². The molecule has 2 heterocycles. The highest BCUT2D eigenvalue weighted by atomic mass is 35.5. The summed E-state index contributed by atoms with van der Waals surface area (Å²) in [5.74, 6) is 0.750. The molecular formula is C9H10ClNO2. The Kier molecular flexibility index (Phi) is 2.66. The average molecular weight is 200 g/mol. The summed E-state index contributed by atoms with van der Waals surface area (Å²) in [7, 11) is 0. The van der Waals surface area contributed by atoms with E-state index < -0.39 is 0 Å². The van der Waals surface area contributed by atoms with Gasteiger partial charge in [-0.25, -0.2) is 4.98 Å². The molecule has 0 aliphatic carbocycles. The van der Waals surface area contributed by atoms with E-state index >= 15 is 0 Å². The third-order valence-electron chi connectivity index (χ3n) is 1.89. The van der Waals surface area contributed by atoms with E-state index in [2.05, 4.69) is 4.98 Å². The lowest BCUT2D eigenvalue weighted by molar-refractivity contribution is 0.141. The summed E-state index contributed by atoms with van der Waals surface area (Å²) in [5.41, 5.74) is 0. The Morgan fingerprint density at radius 3 is 3.08 bits per heavy atom. The summed E-state index contributed by atoms with van der Waals surface area (Å²) in [6.45, 7) is 1.45. The maximum atomic E-state index is 5.64. The molecule has 0 spiro atoms. The highest BCUT2D eigenvalue weighted by molar-refractivity contribution is 6.29. The van der Waals surface area contributed by atoms with Crippen molar-refractivity contribution in [3.05, 3.63) is 23.5 Å². The van der Waals surface area contributed by atoms with Crippen LogP contribution in [0.2, 0.25) is 5.15 Å². The van der Waals surface area contributed by atoms with Crippen LogP contribution < -0.4 is 4.74 Å². The minimum absolute atomic E-state index is 0.169. The van der Waals surface area contributed by atoms with Crippen molar-refractivity contribution < 1.29 is 9.47 Å². The summed E-state index contributed by atoms with van der Waals surface area (Å²) in [6.07, 6.45) is 2.74. The van der Waals surface area contributed by atoms with Crippen LogP contribution >= 0.6 is 11.6 Å². The first-order chi connectivity index (χ1) is 6.34. The second-order valence-corrected chi connectivity index (χ2v) is 3.31. The first-order valence-electron chi connectivity index (χ1n) is 4.20. The Balaban J connectivity index is 1.97. The largest absolute Gasteiger partial charge is 0.486 e. The maximum Gasteiger partial charge on any atom is 0.138 e. The van der Waals surface area contributed by atoms with Crippen LogP contribution in [-0.4, -0.2) is 24.3 Å². The molecule has 0 radical (unpaired) electrons. The van der Waals surface area contributed by atoms with Gasteiger partial charge in [-0.05, 0) is 12.1 Å². The van der Waals surface area contributed by atoms with Crippen molar-refractivity contribution in [1.82, 2.24) is 4.98 Å². The molecule has 1 aliphatic heterocycles. The molecule has 0 bridgehead atoms. The Bertz CT molecular complexity index is 269. The number of rotatable bonds is 2. The van der Waals surface area contributed by atoms with E-state index in [0.29, 0.717) is 11.8 Å². The second kappa shape index (κ2) is 3.94. The zero-order chi connectivity index (χ0) is 9.10. The predicted octanol–water partition coefficient (Wildman–Crippen LogP) is 1.90. The summed E-state index contributed by atoms with van der Waals surface area (Å²) in [6, 6.07) is 3.53. The fourth-order valence-electron chi connectivity index (χ4n) is 1.23. The van der Waals surface area contributed by atoms with Crippen molar-refractivity contribution in [2.45, 2.75) is 12.5 Å². The van der Waals surface area contributed by atoms with E-state index in [-0.39, 0.29) is 6.10 Å². The molecule has 1 aromatic rings. The zero-order valence-electron chi connectivity index (χ0n) is 7.07. The number of aromatic nitrogens is 1. The van der Waals surface area contributed by atoms with E-state index in [1.165, 1.54) is 0 Å². The van der Waals surface area contributed by atoms with E-state index in [4.69, 9.17) is 21.1 Å². The highest BCUT2D eigenvalue weighted by Crippen LogP contribution is 2.17. The first-order valence-corrected chi connectivity index (χ1v) is 4.58. The fraction of sp³-hybridized carbons (Fsp3) is 0.444. The Morgan fingerprint density at radius 2 is 2.46 bits per heavy atom. The fourth-order valence-corrected chi connectivity index (χ4v) is 1.34. The lowest BCUT2D eigenvalue weighted by Crippen LogP contribution is -2.15. The molecule has 0 unspecified atom stereocenters. The van der Waals surface area contributed by atoms with Gasteiger partial charge < -0.3 is 9.47 Å². The van der Waals surface area contributed by atoms with Gasteiger partial charge in [0, 0.05) is 6.42 Å². The third kappa shape index (κ3) is 2.32. The van der Waals surface area contributed by atoms with Crippen molar-refractivity contribution >= 4 is 11.6 Å². The predicted molar refractivity (Wildman–Crippen MR) is 49.1 cm³/mol. The van der Waals surface area contributed by atoms with Crippen LogP contribution in [0.4, 0.5) is 0 Å². The van der Waals surface area contributed by atoms with Gasteiger partial charge in [-0.2, -0.15) is 0 Å². The van der Waals surface area contributed by atoms with Crippen molar-refractivity contribution in [2.24, 2.45) is 0 Å². The van der Waals surface area contributed by atoms with Crippen LogP contribution in [0.25, 0.3) is 0 Å². The van der Waals surface area contributed by atoms with Crippen LogP contribution in [0.5, 0.6) is 5.75 Å². The van der Waals surface area contributed by atoms with Crippen LogP contribution in [0.1, 0.15) is 6.42 Å². The minimum Gasteiger partial charge on any atom is -0.486 e. The molecule has 1 aromatic heterocycles. The zero-order valence-corrected chi connectivity index (χ0v) is 7.83. The molecule has 13 heavy (non-hydrogen) atoms. The molecule has 1 fully saturated rings. The Morgan fingerprint density at radius 1 is 1.54 bits per heavy atom. The lowest BCUT2D eigenvalue weighted by Gasteiger charge is -2.10. The van der Waals surface area contributed by atoms with Gasteiger partial charge in [0.15, 0.2) is 0 Å².